The summed E-state index contributed by atoms with van der Waals surface area (Å²) in [6.45, 7) is 7.16. The first-order chi connectivity index (χ1) is 7.20. The summed E-state index contributed by atoms with van der Waals surface area (Å²) < 4.78 is 5.19. The number of carboxylic acids is 1. The fourth-order valence-electron chi connectivity index (χ4n) is 1.34. The van der Waals surface area contributed by atoms with Crippen molar-refractivity contribution in [2.45, 2.75) is 44.6 Å². The van der Waals surface area contributed by atoms with E-state index in [1.807, 2.05) is 0 Å². The highest BCUT2D eigenvalue weighted by atomic mass is 16.5. The lowest BCUT2D eigenvalue weighted by Crippen LogP contribution is -2.04. The van der Waals surface area contributed by atoms with Gasteiger partial charge in [-0.3, -0.25) is 4.79 Å². The first-order valence-corrected chi connectivity index (χ1v) is 5.31. The molecule has 0 aromatic heterocycles. The van der Waals surface area contributed by atoms with Crippen LogP contribution >= 0.6 is 0 Å². The van der Waals surface area contributed by atoms with Crippen LogP contribution in [0.15, 0.2) is 25.5 Å². The number of hydrogen-bond donors (Lipinski definition) is 1. The van der Waals surface area contributed by atoms with Gasteiger partial charge in [0.2, 0.25) is 0 Å². The van der Waals surface area contributed by atoms with Gasteiger partial charge in [0.25, 0.3) is 0 Å². The van der Waals surface area contributed by atoms with Crippen LogP contribution in [-0.2, 0) is 9.53 Å². The topological polar surface area (TPSA) is 46.5 Å². The maximum Gasteiger partial charge on any atom is 0.303 e. The van der Waals surface area contributed by atoms with Gasteiger partial charge in [0.15, 0.2) is 0 Å². The molecule has 0 aliphatic heterocycles. The van der Waals surface area contributed by atoms with Crippen LogP contribution < -0.4 is 0 Å². The molecule has 0 heterocycles. The lowest BCUT2D eigenvalue weighted by atomic mass is 10.1. The highest BCUT2D eigenvalue weighted by Crippen LogP contribution is 2.10. The van der Waals surface area contributed by atoms with Crippen molar-refractivity contribution in [3.63, 3.8) is 0 Å². The van der Waals surface area contributed by atoms with Crippen molar-refractivity contribution < 1.29 is 14.6 Å². The Bertz CT molecular complexity index is 199. The molecule has 15 heavy (non-hydrogen) atoms. The van der Waals surface area contributed by atoms with E-state index in [1.165, 1.54) is 6.26 Å². The molecule has 1 unspecified atom stereocenters. The largest absolute Gasteiger partial charge is 0.495 e. The fourth-order valence-corrected chi connectivity index (χ4v) is 1.34. The summed E-state index contributed by atoms with van der Waals surface area (Å²) in [5, 5.41) is 8.42. The van der Waals surface area contributed by atoms with Crippen molar-refractivity contribution in [2.24, 2.45) is 0 Å². The van der Waals surface area contributed by atoms with Crippen molar-refractivity contribution in [2.75, 3.05) is 0 Å². The number of unbranched alkanes of at least 4 members (excludes halogenated alkanes) is 3. The van der Waals surface area contributed by atoms with E-state index in [0.29, 0.717) is 0 Å². The van der Waals surface area contributed by atoms with E-state index in [1.54, 1.807) is 6.08 Å². The second kappa shape index (κ2) is 9.31. The highest BCUT2D eigenvalue weighted by molar-refractivity contribution is 5.66. The molecular weight excluding hydrogens is 192 g/mol. The van der Waals surface area contributed by atoms with Gasteiger partial charge in [-0.05, 0) is 19.3 Å². The second-order valence-corrected chi connectivity index (χ2v) is 3.42. The zero-order valence-electron chi connectivity index (χ0n) is 9.15. The molecule has 86 valence electrons. The minimum Gasteiger partial charge on any atom is -0.495 e. The van der Waals surface area contributed by atoms with E-state index >= 15 is 0 Å². The van der Waals surface area contributed by atoms with Crippen molar-refractivity contribution in [3.05, 3.63) is 25.5 Å². The zero-order chi connectivity index (χ0) is 11.5. The van der Waals surface area contributed by atoms with Gasteiger partial charge in [0.05, 0.1) is 6.26 Å². The molecule has 3 heteroatoms. The molecular formula is C12H20O3. The van der Waals surface area contributed by atoms with Gasteiger partial charge in [-0.2, -0.15) is 0 Å². The molecule has 0 radical (unpaired) electrons. The SMILES string of the molecule is C=COC(C=C)CCCCCCC(=O)O. The average molecular weight is 212 g/mol. The molecule has 3 nitrogen and oxygen atoms in total. The Labute approximate surface area is 91.4 Å². The van der Waals surface area contributed by atoms with Gasteiger partial charge < -0.3 is 9.84 Å². The van der Waals surface area contributed by atoms with E-state index in [2.05, 4.69) is 13.2 Å². The second-order valence-electron chi connectivity index (χ2n) is 3.42. The molecule has 0 aromatic rings. The summed E-state index contributed by atoms with van der Waals surface area (Å²) in [7, 11) is 0. The Kier molecular flexibility index (Phi) is 8.53. The minimum atomic E-state index is -0.714. The summed E-state index contributed by atoms with van der Waals surface area (Å²) in [5.41, 5.74) is 0. The molecule has 0 saturated carbocycles. The van der Waals surface area contributed by atoms with Gasteiger partial charge in [0, 0.05) is 6.42 Å². The molecule has 0 aromatic carbocycles. The van der Waals surface area contributed by atoms with Crippen LogP contribution in [0.25, 0.3) is 0 Å². The van der Waals surface area contributed by atoms with E-state index in [-0.39, 0.29) is 12.5 Å². The van der Waals surface area contributed by atoms with Gasteiger partial charge in [-0.1, -0.05) is 32.1 Å². The first kappa shape index (κ1) is 13.8. The predicted molar refractivity (Wildman–Crippen MR) is 60.6 cm³/mol. The standard InChI is InChI=1S/C12H20O3/c1-3-11(15-4-2)9-7-5-6-8-10-12(13)14/h3-4,11H,1-2,5-10H2,(H,13,14). The van der Waals surface area contributed by atoms with Gasteiger partial charge in [0.1, 0.15) is 6.10 Å². The summed E-state index contributed by atoms with van der Waals surface area (Å²) in [5.74, 6) is -0.714. The van der Waals surface area contributed by atoms with Crippen LogP contribution in [0.3, 0.4) is 0 Å². The van der Waals surface area contributed by atoms with Crippen molar-refractivity contribution >= 4 is 5.97 Å². The average Bonchev–Trinajstić information content (AvgIpc) is 2.21. The number of carbonyl (C=O) groups is 1. The smallest absolute Gasteiger partial charge is 0.303 e. The van der Waals surface area contributed by atoms with Crippen LogP contribution in [-0.4, -0.2) is 17.2 Å². The molecule has 0 rings (SSSR count). The Hall–Kier alpha value is -1.25. The summed E-state index contributed by atoms with van der Waals surface area (Å²) >= 11 is 0. The van der Waals surface area contributed by atoms with Crippen molar-refractivity contribution in [3.8, 4) is 0 Å². The molecule has 0 spiro atoms. The molecule has 0 saturated heterocycles. The Morgan fingerprint density at radius 2 is 1.93 bits per heavy atom. The molecule has 0 bridgehead atoms. The zero-order valence-corrected chi connectivity index (χ0v) is 9.15. The van der Waals surface area contributed by atoms with Gasteiger partial charge in [-0.15, -0.1) is 0 Å². The quantitative estimate of drug-likeness (QED) is 0.344. The van der Waals surface area contributed by atoms with Crippen LogP contribution in [0.1, 0.15) is 38.5 Å². The Morgan fingerprint density at radius 3 is 2.47 bits per heavy atom. The number of carboxylic acid groups (broad SMARTS) is 1. The van der Waals surface area contributed by atoms with Crippen LogP contribution in [0.5, 0.6) is 0 Å². The van der Waals surface area contributed by atoms with Gasteiger partial charge >= 0.3 is 5.97 Å². The summed E-state index contributed by atoms with van der Waals surface area (Å²) in [4.78, 5) is 10.2. The monoisotopic (exact) mass is 212 g/mol. The highest BCUT2D eigenvalue weighted by Gasteiger charge is 2.02. The Balaban J connectivity index is 3.32. The normalized spacial score (nSPS) is 11.7. The maximum absolute atomic E-state index is 10.2. The van der Waals surface area contributed by atoms with Crippen molar-refractivity contribution in [1.82, 2.24) is 0 Å². The molecule has 0 aliphatic rings. The van der Waals surface area contributed by atoms with Crippen molar-refractivity contribution in [1.29, 1.82) is 0 Å². The van der Waals surface area contributed by atoms with E-state index in [9.17, 15) is 4.79 Å². The number of ether oxygens (including phenoxy) is 1. The van der Waals surface area contributed by atoms with Gasteiger partial charge in [-0.25, -0.2) is 0 Å². The number of rotatable bonds is 10. The van der Waals surface area contributed by atoms with E-state index < -0.39 is 5.97 Å². The molecule has 0 amide bonds. The third-order valence-electron chi connectivity index (χ3n) is 2.16. The van der Waals surface area contributed by atoms with Crippen LogP contribution in [0, 0.1) is 0 Å². The molecule has 0 fully saturated rings. The minimum absolute atomic E-state index is 0.0435. The fraction of sp³-hybridized carbons (Fsp3) is 0.583. The van der Waals surface area contributed by atoms with E-state index in [4.69, 9.17) is 9.84 Å². The molecule has 1 N–H and O–H groups in total. The van der Waals surface area contributed by atoms with Crippen LogP contribution in [0.4, 0.5) is 0 Å². The number of aliphatic carboxylic acids is 1. The van der Waals surface area contributed by atoms with E-state index in [0.717, 1.165) is 32.1 Å². The lowest BCUT2D eigenvalue weighted by Gasteiger charge is -2.11. The lowest BCUT2D eigenvalue weighted by molar-refractivity contribution is -0.137. The first-order valence-electron chi connectivity index (χ1n) is 5.31. The maximum atomic E-state index is 10.2. The summed E-state index contributed by atoms with van der Waals surface area (Å²) in [6.07, 6.45) is 8.22. The molecule has 1 atom stereocenters. The third-order valence-corrected chi connectivity index (χ3v) is 2.16. The van der Waals surface area contributed by atoms with Crippen LogP contribution in [0.2, 0.25) is 0 Å². The molecule has 0 aliphatic carbocycles. The third kappa shape index (κ3) is 9.06. The Morgan fingerprint density at radius 1 is 1.27 bits per heavy atom. The predicted octanol–water partition coefficient (Wildman–Crippen LogP) is 3.13. The summed E-state index contributed by atoms with van der Waals surface area (Å²) in [6, 6.07) is 0. The number of hydrogen-bond acceptors (Lipinski definition) is 2.